The summed E-state index contributed by atoms with van der Waals surface area (Å²) >= 11 is 0. The van der Waals surface area contributed by atoms with Gasteiger partial charge in [-0.15, -0.1) is 0 Å². The zero-order valence-corrected chi connectivity index (χ0v) is 12.7. The minimum absolute atomic E-state index is 0.285. The van der Waals surface area contributed by atoms with E-state index in [1.807, 2.05) is 6.92 Å². The summed E-state index contributed by atoms with van der Waals surface area (Å²) in [6.45, 7) is 4.98. The molecule has 2 saturated carbocycles. The van der Waals surface area contributed by atoms with E-state index in [1.165, 1.54) is 25.7 Å². The number of ketones is 1. The normalized spacial score (nSPS) is 31.1. The van der Waals surface area contributed by atoms with E-state index in [1.54, 1.807) is 0 Å². The Morgan fingerprint density at radius 1 is 1.05 bits per heavy atom. The van der Waals surface area contributed by atoms with Crippen LogP contribution in [0.2, 0.25) is 0 Å². The van der Waals surface area contributed by atoms with Crippen LogP contribution in [0, 0.1) is 11.8 Å². The van der Waals surface area contributed by atoms with Gasteiger partial charge in [0.2, 0.25) is 0 Å². The zero-order chi connectivity index (χ0) is 13.7. The maximum atomic E-state index is 12.9. The first kappa shape index (κ1) is 15.0. The van der Waals surface area contributed by atoms with Crippen molar-refractivity contribution in [3.63, 3.8) is 0 Å². The molecule has 0 radical (unpaired) electrons. The van der Waals surface area contributed by atoms with Crippen LogP contribution in [0.15, 0.2) is 0 Å². The molecule has 0 heterocycles. The molecule has 0 aromatic rings. The fourth-order valence-corrected chi connectivity index (χ4v) is 4.07. The maximum absolute atomic E-state index is 12.9. The first-order valence-corrected chi connectivity index (χ1v) is 8.40. The number of carbonyl (C=O) groups excluding carboxylic acids is 1. The Hall–Kier alpha value is -0.370. The van der Waals surface area contributed by atoms with Gasteiger partial charge in [0.05, 0.1) is 0 Å². The standard InChI is InChI=1S/C17H30O2/c1-3-14-8-10-15(11-9-14)16(18)17(19-4-2)12-6-5-7-13-17/h14-15H,3-13H2,1-2H3. The number of ether oxygens (including phenoxy) is 1. The van der Waals surface area contributed by atoms with Crippen LogP contribution in [0.4, 0.5) is 0 Å². The van der Waals surface area contributed by atoms with Crippen molar-refractivity contribution in [2.75, 3.05) is 6.61 Å². The third-order valence-corrected chi connectivity index (χ3v) is 5.33. The van der Waals surface area contributed by atoms with Gasteiger partial charge in [-0.2, -0.15) is 0 Å². The minimum Gasteiger partial charge on any atom is -0.367 e. The summed E-state index contributed by atoms with van der Waals surface area (Å²) in [4.78, 5) is 12.9. The molecular formula is C17H30O2. The molecule has 19 heavy (non-hydrogen) atoms. The Labute approximate surface area is 118 Å². The molecular weight excluding hydrogens is 236 g/mol. The molecule has 0 N–H and O–H groups in total. The van der Waals surface area contributed by atoms with Gasteiger partial charge >= 0.3 is 0 Å². The number of carbonyl (C=O) groups is 1. The van der Waals surface area contributed by atoms with E-state index in [0.29, 0.717) is 12.4 Å². The lowest BCUT2D eigenvalue weighted by atomic mass is 9.71. The molecule has 0 atom stereocenters. The molecule has 2 nitrogen and oxygen atoms in total. The molecule has 0 amide bonds. The van der Waals surface area contributed by atoms with Crippen molar-refractivity contribution < 1.29 is 9.53 Å². The SMILES string of the molecule is CCOC1(C(=O)C2CCC(CC)CC2)CCCCC1. The lowest BCUT2D eigenvalue weighted by Gasteiger charge is -2.39. The van der Waals surface area contributed by atoms with E-state index in [2.05, 4.69) is 6.92 Å². The largest absolute Gasteiger partial charge is 0.367 e. The predicted molar refractivity (Wildman–Crippen MR) is 78.2 cm³/mol. The van der Waals surface area contributed by atoms with Crippen molar-refractivity contribution in [3.8, 4) is 0 Å². The lowest BCUT2D eigenvalue weighted by molar-refractivity contribution is -0.154. The van der Waals surface area contributed by atoms with Crippen LogP contribution in [0.1, 0.15) is 78.1 Å². The van der Waals surface area contributed by atoms with Gasteiger partial charge in [0.1, 0.15) is 5.60 Å². The van der Waals surface area contributed by atoms with E-state index in [0.717, 1.165) is 44.4 Å². The van der Waals surface area contributed by atoms with Crippen molar-refractivity contribution in [2.45, 2.75) is 83.7 Å². The average Bonchev–Trinajstić information content (AvgIpc) is 2.48. The lowest BCUT2D eigenvalue weighted by Crippen LogP contribution is -2.47. The number of Topliss-reactive ketones (excluding diaryl/α,β-unsaturated/α-hetero) is 1. The monoisotopic (exact) mass is 266 g/mol. The summed E-state index contributed by atoms with van der Waals surface area (Å²) in [6.07, 6.45) is 11.5. The highest BCUT2D eigenvalue weighted by Crippen LogP contribution is 2.39. The summed E-state index contributed by atoms with van der Waals surface area (Å²) in [5.41, 5.74) is -0.406. The quantitative estimate of drug-likeness (QED) is 0.731. The minimum atomic E-state index is -0.406. The van der Waals surface area contributed by atoms with Crippen molar-refractivity contribution in [2.24, 2.45) is 11.8 Å². The smallest absolute Gasteiger partial charge is 0.167 e. The molecule has 0 bridgehead atoms. The molecule has 2 rings (SSSR count). The Bertz CT molecular complexity index is 278. The molecule has 0 aliphatic heterocycles. The van der Waals surface area contributed by atoms with Crippen LogP contribution < -0.4 is 0 Å². The van der Waals surface area contributed by atoms with Crippen molar-refractivity contribution in [1.29, 1.82) is 0 Å². The second-order valence-corrected chi connectivity index (χ2v) is 6.48. The van der Waals surface area contributed by atoms with Gasteiger partial charge in [0, 0.05) is 12.5 Å². The third-order valence-electron chi connectivity index (χ3n) is 5.33. The molecule has 0 aromatic carbocycles. The van der Waals surface area contributed by atoms with E-state index in [4.69, 9.17) is 4.74 Å². The van der Waals surface area contributed by atoms with E-state index < -0.39 is 5.60 Å². The highest BCUT2D eigenvalue weighted by Gasteiger charge is 2.43. The van der Waals surface area contributed by atoms with Crippen LogP contribution in [0.3, 0.4) is 0 Å². The summed E-state index contributed by atoms with van der Waals surface area (Å²) in [5.74, 6) is 1.59. The number of hydrogen-bond donors (Lipinski definition) is 0. The second-order valence-electron chi connectivity index (χ2n) is 6.48. The highest BCUT2D eigenvalue weighted by atomic mass is 16.5. The van der Waals surface area contributed by atoms with Crippen molar-refractivity contribution in [3.05, 3.63) is 0 Å². The summed E-state index contributed by atoms with van der Waals surface area (Å²) in [6, 6.07) is 0. The fourth-order valence-electron chi connectivity index (χ4n) is 4.07. The average molecular weight is 266 g/mol. The van der Waals surface area contributed by atoms with Gasteiger partial charge < -0.3 is 4.74 Å². The molecule has 0 unspecified atom stereocenters. The second kappa shape index (κ2) is 6.88. The Kier molecular flexibility index (Phi) is 5.44. The highest BCUT2D eigenvalue weighted by molar-refractivity contribution is 5.89. The van der Waals surface area contributed by atoms with Gasteiger partial charge in [-0.25, -0.2) is 0 Å². The molecule has 0 aromatic heterocycles. The van der Waals surface area contributed by atoms with Crippen LogP contribution >= 0.6 is 0 Å². The van der Waals surface area contributed by atoms with E-state index in [9.17, 15) is 4.79 Å². The van der Waals surface area contributed by atoms with Gasteiger partial charge in [-0.05, 0) is 51.4 Å². The van der Waals surface area contributed by atoms with Gasteiger partial charge in [-0.1, -0.05) is 32.6 Å². The maximum Gasteiger partial charge on any atom is 0.167 e. The van der Waals surface area contributed by atoms with E-state index in [-0.39, 0.29) is 5.92 Å². The first-order valence-electron chi connectivity index (χ1n) is 8.40. The first-order chi connectivity index (χ1) is 9.22. The summed E-state index contributed by atoms with van der Waals surface area (Å²) in [5, 5.41) is 0. The molecule has 0 saturated heterocycles. The molecule has 2 heteroatoms. The number of rotatable bonds is 5. The predicted octanol–water partition coefficient (Wildman–Crippen LogP) is 4.51. The third kappa shape index (κ3) is 3.39. The van der Waals surface area contributed by atoms with Crippen LogP contribution in [-0.2, 0) is 9.53 Å². The number of hydrogen-bond acceptors (Lipinski definition) is 2. The molecule has 2 aliphatic rings. The van der Waals surface area contributed by atoms with Crippen molar-refractivity contribution in [1.82, 2.24) is 0 Å². The molecule has 2 fully saturated rings. The Morgan fingerprint density at radius 2 is 1.68 bits per heavy atom. The van der Waals surface area contributed by atoms with Crippen LogP contribution in [0.5, 0.6) is 0 Å². The van der Waals surface area contributed by atoms with Gasteiger partial charge in [0.15, 0.2) is 5.78 Å². The Morgan fingerprint density at radius 3 is 2.21 bits per heavy atom. The zero-order valence-electron chi connectivity index (χ0n) is 12.7. The fraction of sp³-hybridized carbons (Fsp3) is 0.941. The van der Waals surface area contributed by atoms with Crippen LogP contribution in [-0.4, -0.2) is 18.0 Å². The summed E-state index contributed by atoms with van der Waals surface area (Å²) < 4.78 is 5.99. The molecule has 0 spiro atoms. The van der Waals surface area contributed by atoms with Crippen LogP contribution in [0.25, 0.3) is 0 Å². The molecule has 2 aliphatic carbocycles. The van der Waals surface area contributed by atoms with Gasteiger partial charge in [-0.3, -0.25) is 4.79 Å². The van der Waals surface area contributed by atoms with Crippen molar-refractivity contribution >= 4 is 5.78 Å². The Balaban J connectivity index is 1.99. The van der Waals surface area contributed by atoms with E-state index >= 15 is 0 Å². The topological polar surface area (TPSA) is 26.3 Å². The summed E-state index contributed by atoms with van der Waals surface area (Å²) in [7, 11) is 0. The molecule has 110 valence electrons. The van der Waals surface area contributed by atoms with Gasteiger partial charge in [0.25, 0.3) is 0 Å².